The Balaban J connectivity index is 3.56. The quantitative estimate of drug-likeness (QED) is 0.633. The van der Waals surface area contributed by atoms with E-state index in [2.05, 4.69) is 0 Å². The molecular formula is C16H16F9NO2. The van der Waals surface area contributed by atoms with Gasteiger partial charge < -0.3 is 10.8 Å². The predicted octanol–water partition coefficient (Wildman–Crippen LogP) is 4.97. The first kappa shape index (κ1) is 24.1. The van der Waals surface area contributed by atoms with Crippen molar-refractivity contribution in [3.8, 4) is 0 Å². The van der Waals surface area contributed by atoms with Crippen molar-refractivity contribution in [2.45, 2.75) is 38.3 Å². The molecule has 1 aromatic rings. The lowest BCUT2D eigenvalue weighted by Crippen LogP contribution is -2.27. The van der Waals surface area contributed by atoms with Gasteiger partial charge in [0.25, 0.3) is 0 Å². The summed E-state index contributed by atoms with van der Waals surface area (Å²) in [6, 6.07) is -0.732. The summed E-state index contributed by atoms with van der Waals surface area (Å²) in [6.07, 6.45) is -17.6. The van der Waals surface area contributed by atoms with E-state index in [-0.39, 0.29) is 18.6 Å². The summed E-state index contributed by atoms with van der Waals surface area (Å²) >= 11 is 0. The second-order valence-corrected chi connectivity index (χ2v) is 6.36. The van der Waals surface area contributed by atoms with E-state index < -0.39 is 71.6 Å². The van der Waals surface area contributed by atoms with Gasteiger partial charge in [-0.25, -0.2) is 0 Å². The minimum absolute atomic E-state index is 0.346. The van der Waals surface area contributed by atoms with E-state index in [1.54, 1.807) is 0 Å². The first-order chi connectivity index (χ1) is 12.5. The third-order valence-corrected chi connectivity index (χ3v) is 4.06. The highest BCUT2D eigenvalue weighted by Crippen LogP contribution is 2.44. The summed E-state index contributed by atoms with van der Waals surface area (Å²) < 4.78 is 118. The molecule has 1 rings (SSSR count). The smallest absolute Gasteiger partial charge is 0.416 e. The molecule has 2 atom stereocenters. The second-order valence-electron chi connectivity index (χ2n) is 6.36. The van der Waals surface area contributed by atoms with Crippen molar-refractivity contribution in [1.29, 1.82) is 0 Å². The van der Waals surface area contributed by atoms with Gasteiger partial charge in [0, 0.05) is 6.54 Å². The van der Waals surface area contributed by atoms with E-state index in [9.17, 15) is 44.3 Å². The molecule has 2 unspecified atom stereocenters. The highest BCUT2D eigenvalue weighted by Gasteiger charge is 2.44. The highest BCUT2D eigenvalue weighted by molar-refractivity contribution is 5.70. The average molecular weight is 425 g/mol. The van der Waals surface area contributed by atoms with Crippen molar-refractivity contribution in [3.63, 3.8) is 0 Å². The Bertz CT molecular complexity index is 673. The van der Waals surface area contributed by atoms with Crippen LogP contribution in [0, 0.1) is 11.8 Å². The topological polar surface area (TPSA) is 63.3 Å². The lowest BCUT2D eigenvalue weighted by Gasteiger charge is -2.24. The second kappa shape index (κ2) is 8.18. The number of carbonyl (C=O) groups is 1. The number of nitrogens with two attached hydrogens (primary N) is 1. The van der Waals surface area contributed by atoms with Crippen LogP contribution in [0.5, 0.6) is 0 Å². The third kappa shape index (κ3) is 6.01. The number of aliphatic carboxylic acids is 1. The van der Waals surface area contributed by atoms with Crippen molar-refractivity contribution in [3.05, 3.63) is 34.4 Å². The maximum atomic E-state index is 13.2. The molecule has 12 heteroatoms. The van der Waals surface area contributed by atoms with Crippen LogP contribution in [0.15, 0.2) is 12.1 Å². The number of alkyl halides is 9. The van der Waals surface area contributed by atoms with Crippen LogP contribution in [0.25, 0.3) is 0 Å². The molecule has 0 amide bonds. The average Bonchev–Trinajstić information content (AvgIpc) is 2.48. The summed E-state index contributed by atoms with van der Waals surface area (Å²) in [5, 5.41) is 8.92. The van der Waals surface area contributed by atoms with Crippen molar-refractivity contribution < 1.29 is 49.4 Å². The van der Waals surface area contributed by atoms with Crippen molar-refractivity contribution in [1.82, 2.24) is 0 Å². The molecule has 0 aliphatic rings. The number of hydrogen-bond donors (Lipinski definition) is 2. The van der Waals surface area contributed by atoms with Crippen LogP contribution < -0.4 is 5.73 Å². The molecule has 0 aromatic heterocycles. The van der Waals surface area contributed by atoms with Crippen molar-refractivity contribution in [2.24, 2.45) is 17.6 Å². The van der Waals surface area contributed by atoms with Gasteiger partial charge in [0.1, 0.15) is 0 Å². The Kier molecular flexibility index (Phi) is 7.02. The third-order valence-electron chi connectivity index (χ3n) is 4.06. The van der Waals surface area contributed by atoms with Crippen LogP contribution in [0.4, 0.5) is 39.5 Å². The van der Waals surface area contributed by atoms with Gasteiger partial charge in [-0.1, -0.05) is 6.92 Å². The fourth-order valence-corrected chi connectivity index (χ4v) is 2.78. The van der Waals surface area contributed by atoms with E-state index in [0.29, 0.717) is 0 Å². The van der Waals surface area contributed by atoms with E-state index in [0.717, 1.165) is 0 Å². The fraction of sp³-hybridized carbons (Fsp3) is 0.562. The Morgan fingerprint density at radius 2 is 1.39 bits per heavy atom. The Morgan fingerprint density at radius 1 is 0.964 bits per heavy atom. The standard InChI is InChI=1S/C16H16F9NO2/c1-7(2-8(6-26)13(27)28)3-10-11(15(20,21)22)4-9(14(17,18)19)5-12(10)16(23,24)25/h4-5,7-8H,2-3,6,26H2,1H3,(H,27,28). The molecule has 28 heavy (non-hydrogen) atoms. The molecule has 0 aliphatic heterocycles. The molecule has 3 nitrogen and oxygen atoms in total. The fourth-order valence-electron chi connectivity index (χ4n) is 2.78. The van der Waals surface area contributed by atoms with Crippen LogP contribution in [0.3, 0.4) is 0 Å². The molecule has 0 fully saturated rings. The van der Waals surface area contributed by atoms with Crippen LogP contribution in [0.1, 0.15) is 35.6 Å². The number of hydrogen-bond acceptors (Lipinski definition) is 2. The van der Waals surface area contributed by atoms with Crippen LogP contribution in [-0.2, 0) is 29.7 Å². The molecule has 0 bridgehead atoms. The number of rotatable bonds is 6. The zero-order valence-electron chi connectivity index (χ0n) is 14.3. The van der Waals surface area contributed by atoms with Gasteiger partial charge in [-0.2, -0.15) is 39.5 Å². The largest absolute Gasteiger partial charge is 0.481 e. The summed E-state index contributed by atoms with van der Waals surface area (Å²) in [5.74, 6) is -3.62. The molecule has 1 aromatic carbocycles. The zero-order valence-corrected chi connectivity index (χ0v) is 14.3. The first-order valence-corrected chi connectivity index (χ1v) is 7.79. The van der Waals surface area contributed by atoms with Crippen LogP contribution >= 0.6 is 0 Å². The predicted molar refractivity (Wildman–Crippen MR) is 79.1 cm³/mol. The molecule has 0 aliphatic carbocycles. The van der Waals surface area contributed by atoms with Crippen molar-refractivity contribution >= 4 is 5.97 Å². The highest BCUT2D eigenvalue weighted by atomic mass is 19.4. The number of halogens is 9. The molecule has 0 saturated heterocycles. The first-order valence-electron chi connectivity index (χ1n) is 7.79. The number of benzene rings is 1. The molecular weight excluding hydrogens is 409 g/mol. The van der Waals surface area contributed by atoms with Gasteiger partial charge in [-0.15, -0.1) is 0 Å². The lowest BCUT2D eigenvalue weighted by molar-refractivity contribution is -0.150. The molecule has 3 N–H and O–H groups in total. The van der Waals surface area contributed by atoms with Gasteiger partial charge in [-0.3, -0.25) is 4.79 Å². The SMILES string of the molecule is CC(Cc1c(C(F)(F)F)cc(C(F)(F)F)cc1C(F)(F)F)CC(CN)C(=O)O. The summed E-state index contributed by atoms with van der Waals surface area (Å²) in [5.41, 5.74) is -2.33. The van der Waals surface area contributed by atoms with Crippen LogP contribution in [-0.4, -0.2) is 17.6 Å². The number of carboxylic acids is 1. The molecule has 0 heterocycles. The molecule has 0 radical (unpaired) electrons. The van der Waals surface area contributed by atoms with Gasteiger partial charge >= 0.3 is 24.5 Å². The Morgan fingerprint density at radius 3 is 1.68 bits per heavy atom. The Labute approximate surface area is 153 Å². The van der Waals surface area contributed by atoms with E-state index in [1.807, 2.05) is 0 Å². The summed E-state index contributed by atoms with van der Waals surface area (Å²) in [6.45, 7) is 0.800. The van der Waals surface area contributed by atoms with Crippen LogP contribution in [0.2, 0.25) is 0 Å². The number of carboxylic acid groups (broad SMARTS) is 1. The summed E-state index contributed by atoms with van der Waals surface area (Å²) in [7, 11) is 0. The Hall–Kier alpha value is -1.98. The minimum atomic E-state index is -5.48. The van der Waals surface area contributed by atoms with Gasteiger partial charge in [0.05, 0.1) is 22.6 Å². The zero-order chi connectivity index (χ0) is 22.1. The normalized spacial score (nSPS) is 15.4. The lowest BCUT2D eigenvalue weighted by atomic mass is 9.85. The summed E-state index contributed by atoms with van der Waals surface area (Å²) in [4.78, 5) is 11.0. The molecule has 0 saturated carbocycles. The van der Waals surface area contributed by atoms with E-state index in [1.165, 1.54) is 6.92 Å². The van der Waals surface area contributed by atoms with Gasteiger partial charge in [-0.05, 0) is 36.5 Å². The maximum Gasteiger partial charge on any atom is 0.416 e. The molecule has 160 valence electrons. The van der Waals surface area contributed by atoms with E-state index >= 15 is 0 Å². The maximum absolute atomic E-state index is 13.2. The van der Waals surface area contributed by atoms with E-state index in [4.69, 9.17) is 10.8 Å². The molecule has 0 spiro atoms. The van der Waals surface area contributed by atoms with Gasteiger partial charge in [0.15, 0.2) is 0 Å². The minimum Gasteiger partial charge on any atom is -0.481 e. The monoisotopic (exact) mass is 425 g/mol. The van der Waals surface area contributed by atoms with Gasteiger partial charge in [0.2, 0.25) is 0 Å². The van der Waals surface area contributed by atoms with Crippen molar-refractivity contribution in [2.75, 3.05) is 6.54 Å².